The molecule has 0 unspecified atom stereocenters. The Kier molecular flexibility index (Phi) is 8.36. The second kappa shape index (κ2) is 11.5. The van der Waals surface area contributed by atoms with Crippen LogP contribution in [0.2, 0.25) is 5.21 Å². The van der Waals surface area contributed by atoms with Crippen molar-refractivity contribution in [2.45, 2.75) is 58.8 Å². The summed E-state index contributed by atoms with van der Waals surface area (Å²) in [4.78, 5) is 21.2. The van der Waals surface area contributed by atoms with Crippen LogP contribution in [0.5, 0.6) is 0 Å². The van der Waals surface area contributed by atoms with E-state index >= 15 is 0 Å². The van der Waals surface area contributed by atoms with Gasteiger partial charge in [-0.25, -0.2) is 0 Å². The summed E-state index contributed by atoms with van der Waals surface area (Å²) in [6.45, 7) is 12.1. The van der Waals surface area contributed by atoms with E-state index in [2.05, 4.69) is 90.4 Å². The van der Waals surface area contributed by atoms with E-state index in [0.717, 1.165) is 46.2 Å². The average Bonchev–Trinajstić information content (AvgIpc) is 3.18. The molecule has 0 aliphatic rings. The van der Waals surface area contributed by atoms with Crippen LogP contribution in [0.15, 0.2) is 66.7 Å². The number of amides is 1. The van der Waals surface area contributed by atoms with Crippen molar-refractivity contribution in [1.82, 2.24) is 14.5 Å². The average molecular weight is 542 g/mol. The van der Waals surface area contributed by atoms with E-state index in [-0.39, 0.29) is 17.9 Å². The summed E-state index contributed by atoms with van der Waals surface area (Å²) < 4.78 is 2.33. The standard InChI is InChI=1S/C31H36AsN3O/c1-21(2)29(34(17-9-16-32)31(36)26-14-12-22(3)13-15-26)30-33-27-18-23(4)24(5)19-28(27)35(30)20-25-10-7-6-8-11-25/h6-8,10-15,18-19,21,29H,9,16-17,20H2,1-5H3/t29-/m1/s1. The first-order valence-corrected chi connectivity index (χ1v) is 14.1. The van der Waals surface area contributed by atoms with Crippen molar-refractivity contribution in [2.24, 2.45) is 5.92 Å². The van der Waals surface area contributed by atoms with Crippen molar-refractivity contribution in [3.8, 4) is 0 Å². The first-order chi connectivity index (χ1) is 17.3. The predicted octanol–water partition coefficient (Wildman–Crippen LogP) is 6.83. The molecule has 36 heavy (non-hydrogen) atoms. The molecule has 0 fully saturated rings. The van der Waals surface area contributed by atoms with Crippen LogP contribution < -0.4 is 0 Å². The number of rotatable bonds is 9. The van der Waals surface area contributed by atoms with E-state index in [9.17, 15) is 4.79 Å². The molecule has 1 amide bonds. The van der Waals surface area contributed by atoms with E-state index in [1.807, 2.05) is 37.3 Å². The normalized spacial score (nSPS) is 12.3. The van der Waals surface area contributed by atoms with E-state index in [1.54, 1.807) is 0 Å². The third-order valence-corrected chi connectivity index (χ3v) is 7.59. The molecule has 0 bridgehead atoms. The molecule has 2 radical (unpaired) electrons. The molecular formula is C31H36AsN3O. The molecule has 0 aliphatic heterocycles. The summed E-state index contributed by atoms with van der Waals surface area (Å²) in [6, 6.07) is 22.7. The second-order valence-corrected chi connectivity index (χ2v) is 11.0. The molecular weight excluding hydrogens is 505 g/mol. The van der Waals surface area contributed by atoms with Crippen LogP contribution in [0.3, 0.4) is 0 Å². The summed E-state index contributed by atoms with van der Waals surface area (Å²) in [6.07, 6.45) is 0.929. The Bertz CT molecular complexity index is 1330. The quantitative estimate of drug-likeness (QED) is 0.218. The molecule has 0 aliphatic carbocycles. The number of nitrogens with zero attached hydrogens (tertiary/aromatic N) is 3. The molecule has 3 aromatic carbocycles. The third kappa shape index (κ3) is 5.60. The van der Waals surface area contributed by atoms with Gasteiger partial charge in [-0.2, -0.15) is 0 Å². The fourth-order valence-electron chi connectivity index (χ4n) is 4.82. The number of aryl methyl sites for hydroxylation is 3. The van der Waals surface area contributed by atoms with E-state index in [4.69, 9.17) is 4.98 Å². The monoisotopic (exact) mass is 541 g/mol. The van der Waals surface area contributed by atoms with Gasteiger partial charge in [0.15, 0.2) is 0 Å². The molecule has 1 aromatic heterocycles. The Labute approximate surface area is 224 Å². The molecule has 4 aromatic rings. The molecule has 0 N–H and O–H groups in total. The zero-order valence-corrected chi connectivity index (χ0v) is 23.9. The van der Waals surface area contributed by atoms with Crippen LogP contribution in [0.1, 0.15) is 64.7 Å². The minimum atomic E-state index is -0.144. The van der Waals surface area contributed by atoms with Crippen molar-refractivity contribution in [2.75, 3.05) is 6.54 Å². The third-order valence-electron chi connectivity index (χ3n) is 6.93. The van der Waals surface area contributed by atoms with Crippen LogP contribution in [0.25, 0.3) is 11.0 Å². The van der Waals surface area contributed by atoms with Crippen molar-refractivity contribution >= 4 is 33.8 Å². The van der Waals surface area contributed by atoms with Gasteiger partial charge in [0.25, 0.3) is 0 Å². The Morgan fingerprint density at radius 3 is 2.28 bits per heavy atom. The zero-order valence-electron chi connectivity index (χ0n) is 22.0. The number of carbonyl (C=O) groups excluding carboxylic acids is 1. The second-order valence-electron chi connectivity index (χ2n) is 10.1. The van der Waals surface area contributed by atoms with Crippen LogP contribution >= 0.6 is 0 Å². The van der Waals surface area contributed by atoms with Crippen molar-refractivity contribution in [1.29, 1.82) is 0 Å². The van der Waals surface area contributed by atoms with E-state index in [0.29, 0.717) is 6.54 Å². The van der Waals surface area contributed by atoms with Crippen molar-refractivity contribution in [3.63, 3.8) is 0 Å². The van der Waals surface area contributed by atoms with Gasteiger partial charge in [-0.1, -0.05) is 0 Å². The van der Waals surface area contributed by atoms with Gasteiger partial charge in [-0.15, -0.1) is 0 Å². The molecule has 1 atom stereocenters. The summed E-state index contributed by atoms with van der Waals surface area (Å²) >= 11 is 2.64. The van der Waals surface area contributed by atoms with Gasteiger partial charge >= 0.3 is 225 Å². The van der Waals surface area contributed by atoms with Gasteiger partial charge in [0, 0.05) is 0 Å². The molecule has 0 saturated heterocycles. The molecule has 0 spiro atoms. The SMILES string of the molecule is Cc1ccc(C(=O)N(CCC[As])[C@@H](c2nc3cc(C)c(C)cc3n2Cc2ccccc2)C(C)C)cc1. The van der Waals surface area contributed by atoms with Gasteiger partial charge in [-0.3, -0.25) is 0 Å². The predicted molar refractivity (Wildman–Crippen MR) is 150 cm³/mol. The van der Waals surface area contributed by atoms with Crippen LogP contribution in [0, 0.1) is 26.7 Å². The number of hydrogen-bond donors (Lipinski definition) is 0. The first kappa shape index (κ1) is 26.2. The summed E-state index contributed by atoms with van der Waals surface area (Å²) in [5, 5.41) is 0.967. The molecule has 1 heterocycles. The minimum absolute atomic E-state index is 0.0697. The Balaban J connectivity index is 1.88. The van der Waals surface area contributed by atoms with Gasteiger partial charge in [0.1, 0.15) is 0 Å². The number of aromatic nitrogens is 2. The number of fused-ring (bicyclic) bond motifs is 1. The van der Waals surface area contributed by atoms with Crippen molar-refractivity contribution in [3.05, 3.63) is 100 Å². The molecule has 4 nitrogen and oxygen atoms in total. The van der Waals surface area contributed by atoms with Gasteiger partial charge in [0.2, 0.25) is 0 Å². The van der Waals surface area contributed by atoms with Gasteiger partial charge in [-0.05, 0) is 0 Å². The Morgan fingerprint density at radius 2 is 1.64 bits per heavy atom. The number of hydrogen-bond acceptors (Lipinski definition) is 2. The van der Waals surface area contributed by atoms with Gasteiger partial charge < -0.3 is 0 Å². The maximum atomic E-state index is 14.0. The summed E-state index contributed by atoms with van der Waals surface area (Å²) in [5.41, 5.74) is 7.70. The van der Waals surface area contributed by atoms with Crippen LogP contribution in [0.4, 0.5) is 0 Å². The zero-order chi connectivity index (χ0) is 25.8. The first-order valence-electron chi connectivity index (χ1n) is 12.8. The Hall–Kier alpha value is -2.84. The molecule has 5 heteroatoms. The molecule has 4 rings (SSSR count). The van der Waals surface area contributed by atoms with E-state index < -0.39 is 0 Å². The van der Waals surface area contributed by atoms with Crippen LogP contribution in [-0.4, -0.2) is 43.8 Å². The molecule has 0 saturated carbocycles. The Morgan fingerprint density at radius 1 is 0.972 bits per heavy atom. The maximum absolute atomic E-state index is 14.0. The fraction of sp³-hybridized carbons (Fsp3) is 0.355. The van der Waals surface area contributed by atoms with Crippen LogP contribution in [-0.2, 0) is 6.54 Å². The number of imidazole rings is 1. The molecule has 186 valence electrons. The number of benzene rings is 3. The van der Waals surface area contributed by atoms with Crippen molar-refractivity contribution < 1.29 is 4.79 Å². The fourth-order valence-corrected chi connectivity index (χ4v) is 5.12. The van der Waals surface area contributed by atoms with Gasteiger partial charge in [0.05, 0.1) is 0 Å². The topological polar surface area (TPSA) is 38.1 Å². The number of carbonyl (C=O) groups is 1. The summed E-state index contributed by atoms with van der Waals surface area (Å²) in [5.74, 6) is 1.22. The summed E-state index contributed by atoms with van der Waals surface area (Å²) in [7, 11) is 0. The van der Waals surface area contributed by atoms with E-state index in [1.165, 1.54) is 16.7 Å².